The number of rotatable bonds is 4. The normalized spacial score (nSPS) is 11.3. The number of thiazole rings is 1. The molecule has 0 bridgehead atoms. The number of H-pyrrole nitrogens is 1. The van der Waals surface area contributed by atoms with E-state index in [9.17, 15) is 0 Å². The molecule has 1 N–H and O–H groups in total. The lowest BCUT2D eigenvalue weighted by Crippen LogP contribution is -1.87. The average molecular weight is 372 g/mol. The van der Waals surface area contributed by atoms with Gasteiger partial charge in [0.1, 0.15) is 0 Å². The van der Waals surface area contributed by atoms with Gasteiger partial charge >= 0.3 is 0 Å². The number of aromatic nitrogens is 4. The first kappa shape index (κ1) is 16.0. The van der Waals surface area contributed by atoms with Crippen LogP contribution in [-0.4, -0.2) is 20.1 Å². The Labute approximate surface area is 159 Å². The molecule has 0 fully saturated rings. The summed E-state index contributed by atoms with van der Waals surface area (Å²) in [4.78, 5) is 12.4. The lowest BCUT2D eigenvalue weighted by Gasteiger charge is -1.98. The van der Waals surface area contributed by atoms with Gasteiger partial charge in [0.15, 0.2) is 0 Å². The lowest BCUT2D eigenvalue weighted by molar-refractivity contribution is 0.386. The first-order valence-electron chi connectivity index (χ1n) is 8.67. The van der Waals surface area contributed by atoms with E-state index in [4.69, 9.17) is 4.52 Å². The number of hydrogen-bond acceptors (Lipinski definition) is 5. The largest absolute Gasteiger partial charge is 0.361 e. The van der Waals surface area contributed by atoms with E-state index in [0.717, 1.165) is 32.9 Å². The second-order valence-corrected chi connectivity index (χ2v) is 7.44. The SMILES string of the molecule is Cc1nc(-c2ccc(-c3noc(Cc4c[nH]c5ccccc45)n3)cc2)cs1. The maximum absolute atomic E-state index is 5.47. The second kappa shape index (κ2) is 6.48. The Morgan fingerprint density at radius 1 is 1.00 bits per heavy atom. The Bertz CT molecular complexity index is 1220. The van der Waals surface area contributed by atoms with Gasteiger partial charge in [0.05, 0.1) is 17.1 Å². The van der Waals surface area contributed by atoms with E-state index in [-0.39, 0.29) is 0 Å². The van der Waals surface area contributed by atoms with E-state index in [2.05, 4.69) is 37.6 Å². The van der Waals surface area contributed by atoms with Crippen molar-refractivity contribution in [1.29, 1.82) is 0 Å². The summed E-state index contributed by atoms with van der Waals surface area (Å²) in [6.45, 7) is 2.01. The van der Waals surface area contributed by atoms with E-state index in [1.165, 1.54) is 5.39 Å². The van der Waals surface area contributed by atoms with Crippen LogP contribution in [0.3, 0.4) is 0 Å². The fraction of sp³-hybridized carbons (Fsp3) is 0.0952. The van der Waals surface area contributed by atoms with Crippen LogP contribution >= 0.6 is 11.3 Å². The molecule has 0 unspecified atom stereocenters. The molecule has 0 saturated heterocycles. The van der Waals surface area contributed by atoms with Crippen molar-refractivity contribution < 1.29 is 4.52 Å². The minimum atomic E-state index is 0.603. The van der Waals surface area contributed by atoms with Crippen LogP contribution in [0.25, 0.3) is 33.5 Å². The van der Waals surface area contributed by atoms with Crippen molar-refractivity contribution in [1.82, 2.24) is 20.1 Å². The van der Waals surface area contributed by atoms with Crippen molar-refractivity contribution in [3.63, 3.8) is 0 Å². The van der Waals surface area contributed by atoms with Crippen LogP contribution in [0.2, 0.25) is 0 Å². The molecule has 3 aromatic heterocycles. The van der Waals surface area contributed by atoms with Crippen molar-refractivity contribution >= 4 is 22.2 Å². The van der Waals surface area contributed by atoms with Crippen molar-refractivity contribution in [2.24, 2.45) is 0 Å². The molecule has 0 atom stereocenters. The van der Waals surface area contributed by atoms with Gasteiger partial charge in [-0.25, -0.2) is 4.98 Å². The first-order valence-corrected chi connectivity index (χ1v) is 9.55. The number of nitrogens with one attached hydrogen (secondary N) is 1. The monoisotopic (exact) mass is 372 g/mol. The maximum atomic E-state index is 5.47. The molecule has 0 radical (unpaired) electrons. The molecule has 132 valence electrons. The second-order valence-electron chi connectivity index (χ2n) is 6.38. The van der Waals surface area contributed by atoms with Crippen LogP contribution in [0.5, 0.6) is 0 Å². The summed E-state index contributed by atoms with van der Waals surface area (Å²) >= 11 is 1.65. The minimum Gasteiger partial charge on any atom is -0.361 e. The third-order valence-electron chi connectivity index (χ3n) is 4.54. The molecular weight excluding hydrogens is 356 g/mol. The molecule has 5 aromatic rings. The van der Waals surface area contributed by atoms with Gasteiger partial charge in [-0.1, -0.05) is 47.6 Å². The highest BCUT2D eigenvalue weighted by molar-refractivity contribution is 7.09. The van der Waals surface area contributed by atoms with Gasteiger partial charge in [-0.15, -0.1) is 11.3 Å². The van der Waals surface area contributed by atoms with Gasteiger partial charge < -0.3 is 9.51 Å². The summed E-state index contributed by atoms with van der Waals surface area (Å²) in [5.74, 6) is 1.21. The van der Waals surface area contributed by atoms with E-state index < -0.39 is 0 Å². The van der Waals surface area contributed by atoms with Gasteiger partial charge in [0, 0.05) is 33.6 Å². The van der Waals surface area contributed by atoms with Crippen LogP contribution < -0.4 is 0 Å². The number of nitrogens with zero attached hydrogens (tertiary/aromatic N) is 3. The van der Waals surface area contributed by atoms with Crippen molar-refractivity contribution in [2.45, 2.75) is 13.3 Å². The van der Waals surface area contributed by atoms with Crippen LogP contribution in [0.15, 0.2) is 64.6 Å². The zero-order valence-corrected chi connectivity index (χ0v) is 15.5. The van der Waals surface area contributed by atoms with Gasteiger partial charge in [-0.2, -0.15) is 4.98 Å². The number of benzene rings is 2. The number of hydrogen-bond donors (Lipinski definition) is 1. The number of aromatic amines is 1. The Balaban J connectivity index is 1.38. The molecule has 0 saturated carbocycles. The van der Waals surface area contributed by atoms with E-state index >= 15 is 0 Å². The lowest BCUT2D eigenvalue weighted by atomic mass is 10.1. The average Bonchev–Trinajstić information content (AvgIpc) is 3.43. The Hall–Kier alpha value is -3.25. The minimum absolute atomic E-state index is 0.603. The van der Waals surface area contributed by atoms with E-state index in [1.807, 2.05) is 49.5 Å². The fourth-order valence-electron chi connectivity index (χ4n) is 3.17. The molecule has 6 heteroatoms. The highest BCUT2D eigenvalue weighted by Gasteiger charge is 2.12. The molecule has 0 aliphatic heterocycles. The molecule has 0 amide bonds. The van der Waals surface area contributed by atoms with Crippen molar-refractivity contribution in [2.75, 3.05) is 0 Å². The summed E-state index contributed by atoms with van der Waals surface area (Å²) in [6.07, 6.45) is 2.60. The van der Waals surface area contributed by atoms with Crippen LogP contribution in [-0.2, 0) is 6.42 Å². The van der Waals surface area contributed by atoms with E-state index in [1.54, 1.807) is 11.3 Å². The molecule has 0 aliphatic carbocycles. The number of fused-ring (bicyclic) bond motifs is 1. The summed E-state index contributed by atoms with van der Waals surface area (Å²) in [5.41, 5.74) is 5.28. The van der Waals surface area contributed by atoms with Gasteiger partial charge in [-0.3, -0.25) is 0 Å². The smallest absolute Gasteiger partial charge is 0.231 e. The number of aryl methyl sites for hydroxylation is 1. The Kier molecular flexibility index (Phi) is 3.83. The topological polar surface area (TPSA) is 67.6 Å². The molecule has 0 spiro atoms. The molecule has 2 aromatic carbocycles. The molecule has 27 heavy (non-hydrogen) atoms. The van der Waals surface area contributed by atoms with Gasteiger partial charge in [-0.05, 0) is 18.6 Å². The molecule has 0 aliphatic rings. The summed E-state index contributed by atoms with van der Waals surface area (Å²) in [6, 6.07) is 16.3. The summed E-state index contributed by atoms with van der Waals surface area (Å²) < 4.78 is 5.47. The maximum Gasteiger partial charge on any atom is 0.231 e. The zero-order valence-electron chi connectivity index (χ0n) is 14.6. The quantitative estimate of drug-likeness (QED) is 0.468. The third kappa shape index (κ3) is 3.04. The molecule has 3 heterocycles. The number of para-hydroxylation sites is 1. The summed E-state index contributed by atoms with van der Waals surface area (Å²) in [5, 5.41) is 8.46. The van der Waals surface area contributed by atoms with Crippen molar-refractivity contribution in [3.8, 4) is 22.6 Å². The van der Waals surface area contributed by atoms with Gasteiger partial charge in [0.25, 0.3) is 0 Å². The van der Waals surface area contributed by atoms with Crippen LogP contribution in [0.4, 0.5) is 0 Å². The first-order chi connectivity index (χ1) is 13.3. The summed E-state index contributed by atoms with van der Waals surface area (Å²) in [7, 11) is 0. The van der Waals surface area contributed by atoms with Crippen LogP contribution in [0.1, 0.15) is 16.5 Å². The van der Waals surface area contributed by atoms with Crippen LogP contribution in [0, 0.1) is 6.92 Å². The highest BCUT2D eigenvalue weighted by atomic mass is 32.1. The third-order valence-corrected chi connectivity index (χ3v) is 5.32. The van der Waals surface area contributed by atoms with Gasteiger partial charge in [0.2, 0.25) is 11.7 Å². The Morgan fingerprint density at radius 3 is 2.63 bits per heavy atom. The predicted octanol–water partition coefficient (Wildman–Crippen LogP) is 5.24. The standard InChI is InChI=1S/C21H16N4OS/c1-13-23-19(12-27-13)14-6-8-15(9-7-14)21-24-20(26-25-21)10-16-11-22-18-5-3-2-4-17(16)18/h2-9,11-12,22H,10H2,1H3. The Morgan fingerprint density at radius 2 is 1.81 bits per heavy atom. The molecule has 5 nitrogen and oxygen atoms in total. The molecule has 5 rings (SSSR count). The van der Waals surface area contributed by atoms with E-state index in [0.29, 0.717) is 18.1 Å². The molecular formula is C21H16N4OS. The highest BCUT2D eigenvalue weighted by Crippen LogP contribution is 2.25. The zero-order chi connectivity index (χ0) is 18.2. The van der Waals surface area contributed by atoms with Crippen molar-refractivity contribution in [3.05, 3.63) is 76.6 Å². The fourth-order valence-corrected chi connectivity index (χ4v) is 3.79. The predicted molar refractivity (Wildman–Crippen MR) is 107 cm³/mol.